The third-order valence-corrected chi connectivity index (χ3v) is 4.66. The zero-order valence-electron chi connectivity index (χ0n) is 9.52. The number of thioether (sulfide) groups is 1. The lowest BCUT2D eigenvalue weighted by Crippen LogP contribution is -1.81. The Morgan fingerprint density at radius 3 is 2.78 bits per heavy atom. The first-order valence-electron chi connectivity index (χ1n) is 5.59. The zero-order valence-corrected chi connectivity index (χ0v) is 11.2. The van der Waals surface area contributed by atoms with Gasteiger partial charge >= 0.3 is 0 Å². The number of rotatable bonds is 3. The molecule has 0 aliphatic rings. The van der Waals surface area contributed by atoms with E-state index in [2.05, 4.69) is 23.6 Å². The van der Waals surface area contributed by atoms with Crippen molar-refractivity contribution in [2.45, 2.75) is 10.6 Å². The molecule has 0 N–H and O–H groups in total. The Balaban J connectivity index is 1.80. The molecule has 0 atom stereocenters. The summed E-state index contributed by atoms with van der Waals surface area (Å²) < 4.78 is 14.1. The minimum atomic E-state index is -0.182. The van der Waals surface area contributed by atoms with E-state index in [1.165, 1.54) is 27.1 Å². The molecular formula is C15H10FS2. The molecule has 18 heavy (non-hydrogen) atoms. The van der Waals surface area contributed by atoms with Crippen molar-refractivity contribution >= 4 is 33.2 Å². The van der Waals surface area contributed by atoms with Crippen molar-refractivity contribution in [3.8, 4) is 0 Å². The van der Waals surface area contributed by atoms with Gasteiger partial charge in [0.05, 0.1) is 0 Å². The fourth-order valence-corrected chi connectivity index (χ4v) is 3.58. The molecule has 0 fully saturated rings. The Hall–Kier alpha value is -1.32. The molecule has 89 valence electrons. The van der Waals surface area contributed by atoms with Crippen LogP contribution < -0.4 is 0 Å². The minimum absolute atomic E-state index is 0.182. The van der Waals surface area contributed by atoms with Crippen molar-refractivity contribution in [1.82, 2.24) is 0 Å². The van der Waals surface area contributed by atoms with Crippen LogP contribution in [0.3, 0.4) is 0 Å². The topological polar surface area (TPSA) is 0 Å². The molecule has 2 aromatic carbocycles. The summed E-state index contributed by atoms with van der Waals surface area (Å²) in [4.78, 5) is 1.26. The largest absolute Gasteiger partial charge is 0.207 e. The first kappa shape index (κ1) is 11.8. The quantitative estimate of drug-likeness (QED) is 0.596. The van der Waals surface area contributed by atoms with E-state index >= 15 is 0 Å². The van der Waals surface area contributed by atoms with Crippen LogP contribution in [-0.4, -0.2) is 0 Å². The first-order chi connectivity index (χ1) is 8.83. The predicted molar refractivity (Wildman–Crippen MR) is 76.6 cm³/mol. The zero-order chi connectivity index (χ0) is 12.4. The highest BCUT2D eigenvalue weighted by molar-refractivity contribution is 7.98. The molecule has 0 bridgehead atoms. The second-order valence-electron chi connectivity index (χ2n) is 3.95. The number of halogens is 1. The average Bonchev–Trinajstić information content (AvgIpc) is 2.87. The van der Waals surface area contributed by atoms with Crippen molar-refractivity contribution in [3.63, 3.8) is 0 Å². The fraction of sp³-hybridized carbons (Fsp3) is 0.0667. The summed E-state index contributed by atoms with van der Waals surface area (Å²) in [5.41, 5.74) is 1.14. The number of fused-ring (bicyclic) bond motifs is 1. The van der Waals surface area contributed by atoms with Crippen molar-refractivity contribution < 1.29 is 4.39 Å². The summed E-state index contributed by atoms with van der Waals surface area (Å²) in [6.45, 7) is 0. The van der Waals surface area contributed by atoms with Crippen LogP contribution in [0.25, 0.3) is 10.1 Å². The molecule has 1 heterocycles. The van der Waals surface area contributed by atoms with Gasteiger partial charge in [-0.25, -0.2) is 4.39 Å². The van der Waals surface area contributed by atoms with Gasteiger partial charge in [-0.15, -0.1) is 23.1 Å². The van der Waals surface area contributed by atoms with Gasteiger partial charge in [-0.3, -0.25) is 0 Å². The van der Waals surface area contributed by atoms with Crippen LogP contribution in [0.2, 0.25) is 0 Å². The lowest BCUT2D eigenvalue weighted by atomic mass is 10.2. The lowest BCUT2D eigenvalue weighted by molar-refractivity contribution is 0.627. The number of benzene rings is 2. The summed E-state index contributed by atoms with van der Waals surface area (Å²) in [7, 11) is 0. The number of hydrogen-bond donors (Lipinski definition) is 0. The number of hydrogen-bond acceptors (Lipinski definition) is 2. The Bertz CT molecular complexity index is 656. The highest BCUT2D eigenvalue weighted by atomic mass is 32.2. The summed E-state index contributed by atoms with van der Waals surface area (Å²) in [6.07, 6.45) is 0. The van der Waals surface area contributed by atoms with Crippen LogP contribution in [-0.2, 0) is 5.75 Å². The smallest absolute Gasteiger partial charge is 0.123 e. The second kappa shape index (κ2) is 5.12. The third kappa shape index (κ3) is 2.42. The first-order valence-corrected chi connectivity index (χ1v) is 7.39. The average molecular weight is 273 g/mol. The fourth-order valence-electron chi connectivity index (χ4n) is 1.77. The molecule has 0 aliphatic carbocycles. The highest BCUT2D eigenvalue weighted by Crippen LogP contribution is 2.32. The molecule has 1 radical (unpaired) electrons. The van der Waals surface area contributed by atoms with E-state index < -0.39 is 0 Å². The summed E-state index contributed by atoms with van der Waals surface area (Å²) in [5, 5.41) is 4.42. The van der Waals surface area contributed by atoms with Crippen molar-refractivity contribution in [3.05, 3.63) is 65.3 Å². The minimum Gasteiger partial charge on any atom is -0.207 e. The van der Waals surface area contributed by atoms with Gasteiger partial charge in [0.2, 0.25) is 0 Å². The van der Waals surface area contributed by atoms with E-state index in [9.17, 15) is 4.39 Å². The van der Waals surface area contributed by atoms with Crippen LogP contribution in [0.4, 0.5) is 4.39 Å². The van der Waals surface area contributed by atoms with E-state index in [-0.39, 0.29) is 5.82 Å². The molecule has 0 spiro atoms. The van der Waals surface area contributed by atoms with E-state index in [1.807, 2.05) is 18.2 Å². The molecule has 0 saturated carbocycles. The Labute approximate surface area is 113 Å². The molecule has 0 saturated heterocycles. The molecule has 0 unspecified atom stereocenters. The van der Waals surface area contributed by atoms with Crippen LogP contribution in [0, 0.1) is 11.2 Å². The van der Waals surface area contributed by atoms with Crippen LogP contribution in [0.1, 0.15) is 5.56 Å². The second-order valence-corrected chi connectivity index (χ2v) is 5.84. The van der Waals surface area contributed by atoms with Gasteiger partial charge in [0, 0.05) is 26.1 Å². The van der Waals surface area contributed by atoms with Gasteiger partial charge in [0.25, 0.3) is 0 Å². The van der Waals surface area contributed by atoms with E-state index in [1.54, 1.807) is 23.1 Å². The van der Waals surface area contributed by atoms with Gasteiger partial charge in [-0.2, -0.15) is 0 Å². The van der Waals surface area contributed by atoms with Crippen LogP contribution in [0.15, 0.2) is 53.4 Å². The SMILES string of the molecule is Fc1ccc(CSc2cccc3s[c]cc23)cc1. The predicted octanol–water partition coefficient (Wildman–Crippen LogP) is 5.13. The van der Waals surface area contributed by atoms with E-state index in [0.717, 1.165) is 11.3 Å². The molecular weight excluding hydrogens is 263 g/mol. The Morgan fingerprint density at radius 1 is 1.11 bits per heavy atom. The van der Waals surface area contributed by atoms with Crippen molar-refractivity contribution in [2.75, 3.05) is 0 Å². The summed E-state index contributed by atoms with van der Waals surface area (Å²) in [5.74, 6) is 0.674. The van der Waals surface area contributed by atoms with Gasteiger partial charge < -0.3 is 0 Å². The summed E-state index contributed by atoms with van der Waals surface area (Å²) in [6, 6.07) is 15.0. The van der Waals surface area contributed by atoms with Gasteiger partial charge in [-0.05, 0) is 35.9 Å². The maximum absolute atomic E-state index is 12.8. The number of thiophene rings is 1. The van der Waals surface area contributed by atoms with Gasteiger partial charge in [0.15, 0.2) is 0 Å². The molecule has 3 aromatic rings. The molecule has 3 heteroatoms. The third-order valence-electron chi connectivity index (χ3n) is 2.71. The van der Waals surface area contributed by atoms with Crippen molar-refractivity contribution in [2.24, 2.45) is 0 Å². The van der Waals surface area contributed by atoms with Crippen LogP contribution >= 0.6 is 23.1 Å². The van der Waals surface area contributed by atoms with Crippen LogP contribution in [0.5, 0.6) is 0 Å². The maximum atomic E-state index is 12.8. The normalized spacial score (nSPS) is 10.9. The monoisotopic (exact) mass is 273 g/mol. The van der Waals surface area contributed by atoms with Crippen molar-refractivity contribution in [1.29, 1.82) is 0 Å². The van der Waals surface area contributed by atoms with Gasteiger partial charge in [-0.1, -0.05) is 18.2 Å². The summed E-state index contributed by atoms with van der Waals surface area (Å²) >= 11 is 3.41. The molecule has 1 aromatic heterocycles. The molecule has 0 amide bonds. The highest BCUT2D eigenvalue weighted by Gasteiger charge is 2.03. The molecule has 3 rings (SSSR count). The molecule has 0 aliphatic heterocycles. The van der Waals surface area contributed by atoms with E-state index in [0.29, 0.717) is 0 Å². The van der Waals surface area contributed by atoms with E-state index in [4.69, 9.17) is 0 Å². The standard InChI is InChI=1S/C15H10FS2/c16-12-6-4-11(5-7-12)10-18-15-3-1-2-14-13(15)8-9-17-14/h1-8H,10H2. The van der Waals surface area contributed by atoms with Gasteiger partial charge in [0.1, 0.15) is 5.82 Å². The Kier molecular flexibility index (Phi) is 3.35. The molecule has 0 nitrogen and oxygen atoms in total. The maximum Gasteiger partial charge on any atom is 0.123 e. The lowest BCUT2D eigenvalue weighted by Gasteiger charge is -2.03. The Morgan fingerprint density at radius 2 is 1.94 bits per heavy atom.